The number of carbonyl (C=O) groups excluding carboxylic acids is 2. The van der Waals surface area contributed by atoms with E-state index in [2.05, 4.69) is 15.7 Å². The van der Waals surface area contributed by atoms with Gasteiger partial charge in [0.1, 0.15) is 6.61 Å². The fourth-order valence-corrected chi connectivity index (χ4v) is 3.47. The SMILES string of the molecule is COCC(=O)Nc1ccc(NC(=O)c2ccccc2-c2ccc(Cn3cccn3)cc2)cc1. The normalized spacial score (nSPS) is 10.6. The van der Waals surface area contributed by atoms with Gasteiger partial charge in [-0.3, -0.25) is 14.3 Å². The van der Waals surface area contributed by atoms with E-state index in [4.69, 9.17) is 4.74 Å². The summed E-state index contributed by atoms with van der Waals surface area (Å²) in [6.45, 7) is 0.677. The number of hydrogen-bond acceptors (Lipinski definition) is 4. The minimum absolute atomic E-state index is 0.0144. The molecule has 4 rings (SSSR count). The van der Waals surface area contributed by atoms with Gasteiger partial charge in [0, 0.05) is 36.4 Å². The van der Waals surface area contributed by atoms with Gasteiger partial charge in [-0.25, -0.2) is 0 Å². The smallest absolute Gasteiger partial charge is 0.256 e. The number of ether oxygens (including phenoxy) is 1. The maximum absolute atomic E-state index is 13.0. The number of nitrogens with one attached hydrogen (secondary N) is 2. The Balaban J connectivity index is 1.46. The zero-order valence-electron chi connectivity index (χ0n) is 18.2. The van der Waals surface area contributed by atoms with Crippen LogP contribution in [-0.2, 0) is 16.1 Å². The molecule has 3 aromatic carbocycles. The number of methoxy groups -OCH3 is 1. The molecule has 1 heterocycles. The van der Waals surface area contributed by atoms with Crippen molar-refractivity contribution in [1.29, 1.82) is 0 Å². The van der Waals surface area contributed by atoms with Crippen molar-refractivity contribution in [3.63, 3.8) is 0 Å². The lowest BCUT2D eigenvalue weighted by Crippen LogP contribution is -2.17. The first-order valence-corrected chi connectivity index (χ1v) is 10.5. The van der Waals surface area contributed by atoms with Crippen LogP contribution in [-0.4, -0.2) is 35.3 Å². The maximum atomic E-state index is 13.0. The van der Waals surface area contributed by atoms with Gasteiger partial charge >= 0.3 is 0 Å². The molecular weight excluding hydrogens is 416 g/mol. The van der Waals surface area contributed by atoms with Crippen LogP contribution in [0.15, 0.2) is 91.3 Å². The summed E-state index contributed by atoms with van der Waals surface area (Å²) in [4.78, 5) is 24.6. The third-order valence-corrected chi connectivity index (χ3v) is 5.04. The first-order valence-electron chi connectivity index (χ1n) is 10.5. The highest BCUT2D eigenvalue weighted by molar-refractivity contribution is 6.08. The summed E-state index contributed by atoms with van der Waals surface area (Å²) >= 11 is 0. The van der Waals surface area contributed by atoms with Crippen molar-refractivity contribution >= 4 is 23.2 Å². The molecule has 0 aliphatic heterocycles. The van der Waals surface area contributed by atoms with Crippen molar-refractivity contribution in [3.05, 3.63) is 102 Å². The second-order valence-corrected chi connectivity index (χ2v) is 7.46. The predicted octanol–water partition coefficient (Wildman–Crippen LogP) is 4.44. The Morgan fingerprint density at radius 2 is 1.58 bits per heavy atom. The molecule has 7 heteroatoms. The van der Waals surface area contributed by atoms with Gasteiger partial charge in [-0.05, 0) is 53.1 Å². The zero-order valence-corrected chi connectivity index (χ0v) is 18.2. The first kappa shape index (κ1) is 22.0. The Morgan fingerprint density at radius 1 is 0.879 bits per heavy atom. The van der Waals surface area contributed by atoms with Gasteiger partial charge in [-0.1, -0.05) is 42.5 Å². The second-order valence-electron chi connectivity index (χ2n) is 7.46. The Hall–Kier alpha value is -4.23. The van der Waals surface area contributed by atoms with Gasteiger partial charge < -0.3 is 15.4 Å². The molecule has 7 nitrogen and oxygen atoms in total. The molecule has 0 aliphatic rings. The first-order chi connectivity index (χ1) is 16.1. The number of rotatable bonds is 8. The van der Waals surface area contributed by atoms with E-state index in [1.807, 2.05) is 65.5 Å². The lowest BCUT2D eigenvalue weighted by Gasteiger charge is -2.12. The summed E-state index contributed by atoms with van der Waals surface area (Å²) < 4.78 is 6.67. The summed E-state index contributed by atoms with van der Waals surface area (Å²) in [5.74, 6) is -0.443. The van der Waals surface area contributed by atoms with Gasteiger partial charge in [0.05, 0.1) is 6.54 Å². The number of carbonyl (C=O) groups is 2. The number of anilines is 2. The van der Waals surface area contributed by atoms with E-state index >= 15 is 0 Å². The Morgan fingerprint density at radius 3 is 2.24 bits per heavy atom. The zero-order chi connectivity index (χ0) is 23.0. The van der Waals surface area contributed by atoms with Crippen molar-refractivity contribution in [2.24, 2.45) is 0 Å². The highest BCUT2D eigenvalue weighted by atomic mass is 16.5. The highest BCUT2D eigenvalue weighted by Crippen LogP contribution is 2.25. The maximum Gasteiger partial charge on any atom is 0.256 e. The Kier molecular flexibility index (Phi) is 6.92. The molecule has 0 atom stereocenters. The topological polar surface area (TPSA) is 85.3 Å². The van der Waals surface area contributed by atoms with Crippen LogP contribution in [0, 0.1) is 0 Å². The van der Waals surface area contributed by atoms with Crippen LogP contribution in [0.2, 0.25) is 0 Å². The second kappa shape index (κ2) is 10.4. The molecule has 166 valence electrons. The van der Waals surface area contributed by atoms with Crippen LogP contribution >= 0.6 is 0 Å². The van der Waals surface area contributed by atoms with Gasteiger partial charge in [-0.2, -0.15) is 5.10 Å². The van der Waals surface area contributed by atoms with E-state index in [1.165, 1.54) is 7.11 Å². The lowest BCUT2D eigenvalue weighted by atomic mass is 9.98. The minimum atomic E-state index is -0.237. The van der Waals surface area contributed by atoms with Crippen molar-refractivity contribution in [2.45, 2.75) is 6.54 Å². The van der Waals surface area contributed by atoms with E-state index in [9.17, 15) is 9.59 Å². The van der Waals surface area contributed by atoms with E-state index in [0.717, 1.165) is 16.7 Å². The van der Waals surface area contributed by atoms with Crippen molar-refractivity contribution in [2.75, 3.05) is 24.4 Å². The van der Waals surface area contributed by atoms with E-state index in [1.54, 1.807) is 30.5 Å². The summed E-state index contributed by atoms with van der Waals surface area (Å²) in [5, 5.41) is 9.88. The average Bonchev–Trinajstić information content (AvgIpc) is 3.34. The monoisotopic (exact) mass is 440 g/mol. The van der Waals surface area contributed by atoms with Crippen LogP contribution in [0.1, 0.15) is 15.9 Å². The summed E-state index contributed by atoms with van der Waals surface area (Å²) in [5.41, 5.74) is 4.78. The molecule has 0 saturated carbocycles. The van der Waals surface area contributed by atoms with Crippen LogP contribution in [0.5, 0.6) is 0 Å². The highest BCUT2D eigenvalue weighted by Gasteiger charge is 2.13. The van der Waals surface area contributed by atoms with E-state index < -0.39 is 0 Å². The van der Waals surface area contributed by atoms with E-state index in [-0.39, 0.29) is 18.4 Å². The van der Waals surface area contributed by atoms with Crippen LogP contribution in [0.25, 0.3) is 11.1 Å². The molecule has 2 amide bonds. The Labute approximate surface area is 192 Å². The summed E-state index contributed by atoms with van der Waals surface area (Å²) in [6.07, 6.45) is 3.68. The van der Waals surface area contributed by atoms with Crippen LogP contribution in [0.3, 0.4) is 0 Å². The average molecular weight is 441 g/mol. The fraction of sp³-hybridized carbons (Fsp3) is 0.115. The quantitative estimate of drug-likeness (QED) is 0.424. The minimum Gasteiger partial charge on any atom is -0.375 e. The van der Waals surface area contributed by atoms with Crippen LogP contribution in [0.4, 0.5) is 11.4 Å². The molecule has 0 bridgehead atoms. The van der Waals surface area contributed by atoms with Crippen molar-refractivity contribution in [1.82, 2.24) is 9.78 Å². The lowest BCUT2D eigenvalue weighted by molar-refractivity contribution is -0.119. The fourth-order valence-electron chi connectivity index (χ4n) is 3.47. The molecule has 1 aromatic heterocycles. The molecule has 2 N–H and O–H groups in total. The van der Waals surface area contributed by atoms with Crippen molar-refractivity contribution < 1.29 is 14.3 Å². The number of nitrogens with zero attached hydrogens (tertiary/aromatic N) is 2. The molecule has 0 aliphatic carbocycles. The molecule has 0 fully saturated rings. The molecule has 0 spiro atoms. The van der Waals surface area contributed by atoms with Crippen molar-refractivity contribution in [3.8, 4) is 11.1 Å². The number of hydrogen-bond donors (Lipinski definition) is 2. The largest absolute Gasteiger partial charge is 0.375 e. The number of aromatic nitrogens is 2. The van der Waals surface area contributed by atoms with Gasteiger partial charge in [0.15, 0.2) is 0 Å². The van der Waals surface area contributed by atoms with Gasteiger partial charge in [-0.15, -0.1) is 0 Å². The molecular formula is C26H24N4O3. The molecule has 0 radical (unpaired) electrons. The van der Waals surface area contributed by atoms with Gasteiger partial charge in [0.25, 0.3) is 5.91 Å². The van der Waals surface area contributed by atoms with Crippen LogP contribution < -0.4 is 10.6 Å². The Bertz CT molecular complexity index is 1220. The summed E-state index contributed by atoms with van der Waals surface area (Å²) in [7, 11) is 1.46. The van der Waals surface area contributed by atoms with Gasteiger partial charge in [0.2, 0.25) is 5.91 Å². The third-order valence-electron chi connectivity index (χ3n) is 5.04. The molecule has 4 aromatic rings. The summed E-state index contributed by atoms with van der Waals surface area (Å²) in [6, 6.07) is 24.5. The van der Waals surface area contributed by atoms with E-state index in [0.29, 0.717) is 23.5 Å². The molecule has 0 saturated heterocycles. The third kappa shape index (κ3) is 5.72. The predicted molar refractivity (Wildman–Crippen MR) is 128 cm³/mol. The standard InChI is InChI=1S/C26H24N4O3/c1-33-18-25(31)28-21-11-13-22(14-12-21)29-26(32)24-6-3-2-5-23(24)20-9-7-19(8-10-20)17-30-16-4-15-27-30/h2-16H,17-18H2,1H3,(H,28,31)(H,29,32). The number of amides is 2. The molecule has 0 unspecified atom stereocenters. The molecule has 33 heavy (non-hydrogen) atoms. The number of benzene rings is 3.